The number of rotatable bonds is 4. The average Bonchev–Trinajstić information content (AvgIpc) is 1.95. The van der Waals surface area contributed by atoms with Gasteiger partial charge in [0.05, 0.1) is 12.6 Å². The summed E-state index contributed by atoms with van der Waals surface area (Å²) in [7, 11) is 0. The first kappa shape index (κ1) is 11.2. The molecule has 0 atom stereocenters. The molecule has 0 aromatic carbocycles. The Morgan fingerprint density at radius 2 is 2.00 bits per heavy atom. The van der Waals surface area contributed by atoms with Crippen molar-refractivity contribution in [1.82, 2.24) is 4.90 Å². The summed E-state index contributed by atoms with van der Waals surface area (Å²) >= 11 is 0. The van der Waals surface area contributed by atoms with Crippen LogP contribution in [0.1, 0.15) is 13.3 Å². The van der Waals surface area contributed by atoms with Crippen LogP contribution in [0.5, 0.6) is 0 Å². The fraction of sp³-hybridized carbons (Fsp3) is 0.857. The number of hydrogen-bond donors (Lipinski definition) is 0. The zero-order valence-electron chi connectivity index (χ0n) is 6.86. The van der Waals surface area contributed by atoms with Crippen LogP contribution in [0.4, 0.5) is 13.2 Å². The lowest BCUT2D eigenvalue weighted by Crippen LogP contribution is -2.34. The van der Waals surface area contributed by atoms with E-state index in [-0.39, 0.29) is 13.0 Å². The maximum Gasteiger partial charge on any atom is 0.401 e. The molecule has 0 amide bonds. The van der Waals surface area contributed by atoms with Crippen LogP contribution in [-0.4, -0.2) is 30.7 Å². The van der Waals surface area contributed by atoms with Crippen molar-refractivity contribution in [3.8, 4) is 6.07 Å². The molecule has 0 radical (unpaired) electrons. The molecule has 0 rings (SSSR count). The predicted molar refractivity (Wildman–Crippen MR) is 38.4 cm³/mol. The van der Waals surface area contributed by atoms with E-state index < -0.39 is 12.7 Å². The second-order valence-electron chi connectivity index (χ2n) is 2.39. The van der Waals surface area contributed by atoms with Crippen LogP contribution in [-0.2, 0) is 0 Å². The average molecular weight is 180 g/mol. The predicted octanol–water partition coefficient (Wildman–Crippen LogP) is 1.78. The van der Waals surface area contributed by atoms with Crippen molar-refractivity contribution in [3.05, 3.63) is 0 Å². The van der Waals surface area contributed by atoms with Crippen molar-refractivity contribution in [2.75, 3.05) is 19.6 Å². The molecular weight excluding hydrogens is 169 g/mol. The molecule has 0 N–H and O–H groups in total. The standard InChI is InChI=1S/C7H11F3N2/c1-2-12(5-3-4-11)6-7(8,9)10/h2-3,5-6H2,1H3. The van der Waals surface area contributed by atoms with E-state index in [1.54, 1.807) is 6.92 Å². The van der Waals surface area contributed by atoms with E-state index in [4.69, 9.17) is 5.26 Å². The molecule has 0 spiro atoms. The van der Waals surface area contributed by atoms with Crippen molar-refractivity contribution in [3.63, 3.8) is 0 Å². The minimum Gasteiger partial charge on any atom is -0.294 e. The number of alkyl halides is 3. The Labute approximate surface area is 69.6 Å². The molecule has 0 aliphatic heterocycles. The highest BCUT2D eigenvalue weighted by atomic mass is 19.4. The zero-order valence-corrected chi connectivity index (χ0v) is 6.86. The smallest absolute Gasteiger partial charge is 0.294 e. The Balaban J connectivity index is 3.77. The molecule has 0 aromatic rings. The van der Waals surface area contributed by atoms with Crippen LogP contribution in [0.15, 0.2) is 0 Å². The van der Waals surface area contributed by atoms with Gasteiger partial charge in [-0.1, -0.05) is 6.92 Å². The lowest BCUT2D eigenvalue weighted by Gasteiger charge is -2.20. The molecule has 12 heavy (non-hydrogen) atoms. The highest BCUT2D eigenvalue weighted by molar-refractivity contribution is 4.72. The molecule has 0 saturated heterocycles. The molecule has 0 unspecified atom stereocenters. The Morgan fingerprint density at radius 3 is 2.33 bits per heavy atom. The zero-order chi connectivity index (χ0) is 9.61. The lowest BCUT2D eigenvalue weighted by atomic mass is 10.4. The summed E-state index contributed by atoms with van der Waals surface area (Å²) in [5, 5.41) is 8.15. The van der Waals surface area contributed by atoms with Crippen LogP contribution in [0.2, 0.25) is 0 Å². The third-order valence-corrected chi connectivity index (χ3v) is 1.39. The summed E-state index contributed by atoms with van der Waals surface area (Å²) in [6.07, 6.45) is -4.02. The van der Waals surface area contributed by atoms with Crippen molar-refractivity contribution >= 4 is 0 Å². The normalized spacial score (nSPS) is 11.7. The third-order valence-electron chi connectivity index (χ3n) is 1.39. The van der Waals surface area contributed by atoms with E-state index in [2.05, 4.69) is 0 Å². The Morgan fingerprint density at radius 1 is 1.42 bits per heavy atom. The molecule has 2 nitrogen and oxygen atoms in total. The maximum atomic E-state index is 11.8. The first-order chi connectivity index (χ1) is 5.49. The molecule has 0 aliphatic carbocycles. The number of nitrogens with zero attached hydrogens (tertiary/aromatic N) is 2. The van der Waals surface area contributed by atoms with Gasteiger partial charge in [-0.25, -0.2) is 0 Å². The molecular formula is C7H11F3N2. The minimum absolute atomic E-state index is 0.143. The maximum absolute atomic E-state index is 11.8. The monoisotopic (exact) mass is 180 g/mol. The first-order valence-electron chi connectivity index (χ1n) is 3.65. The molecule has 70 valence electrons. The van der Waals surface area contributed by atoms with Crippen LogP contribution in [0.25, 0.3) is 0 Å². The molecule has 0 saturated carbocycles. The van der Waals surface area contributed by atoms with Gasteiger partial charge in [0.2, 0.25) is 0 Å². The van der Waals surface area contributed by atoms with Gasteiger partial charge < -0.3 is 0 Å². The van der Waals surface area contributed by atoms with Gasteiger partial charge in [0.25, 0.3) is 0 Å². The van der Waals surface area contributed by atoms with Crippen LogP contribution < -0.4 is 0 Å². The van der Waals surface area contributed by atoms with E-state index in [0.717, 1.165) is 0 Å². The van der Waals surface area contributed by atoms with Crippen molar-refractivity contribution in [2.45, 2.75) is 19.5 Å². The van der Waals surface area contributed by atoms with Gasteiger partial charge >= 0.3 is 6.18 Å². The summed E-state index contributed by atoms with van der Waals surface area (Å²) < 4.78 is 35.4. The highest BCUT2D eigenvalue weighted by Crippen LogP contribution is 2.16. The van der Waals surface area contributed by atoms with Crippen molar-refractivity contribution in [1.29, 1.82) is 5.26 Å². The molecule has 0 aliphatic rings. The fourth-order valence-electron chi connectivity index (χ4n) is 0.811. The van der Waals surface area contributed by atoms with Crippen LogP contribution in [0, 0.1) is 11.3 Å². The van der Waals surface area contributed by atoms with Gasteiger partial charge in [0, 0.05) is 13.0 Å². The van der Waals surface area contributed by atoms with Crippen molar-refractivity contribution in [2.24, 2.45) is 0 Å². The Hall–Kier alpha value is -0.760. The van der Waals surface area contributed by atoms with Gasteiger partial charge in [-0.15, -0.1) is 0 Å². The molecule has 5 heteroatoms. The third kappa shape index (κ3) is 5.98. The van der Waals surface area contributed by atoms with Crippen LogP contribution in [0.3, 0.4) is 0 Å². The molecule has 0 aromatic heterocycles. The van der Waals surface area contributed by atoms with E-state index in [1.807, 2.05) is 6.07 Å². The van der Waals surface area contributed by atoms with E-state index in [0.29, 0.717) is 6.54 Å². The van der Waals surface area contributed by atoms with Gasteiger partial charge in [0.15, 0.2) is 0 Å². The highest BCUT2D eigenvalue weighted by Gasteiger charge is 2.29. The summed E-state index contributed by atoms with van der Waals surface area (Å²) in [5.41, 5.74) is 0. The second-order valence-corrected chi connectivity index (χ2v) is 2.39. The lowest BCUT2D eigenvalue weighted by molar-refractivity contribution is -0.145. The van der Waals surface area contributed by atoms with Gasteiger partial charge in [-0.3, -0.25) is 4.90 Å². The summed E-state index contributed by atoms with van der Waals surface area (Å²) in [4.78, 5) is 1.20. The second kappa shape index (κ2) is 4.99. The molecule has 0 fully saturated rings. The van der Waals surface area contributed by atoms with Gasteiger partial charge in [0.1, 0.15) is 0 Å². The van der Waals surface area contributed by atoms with Crippen molar-refractivity contribution < 1.29 is 13.2 Å². The molecule has 0 bridgehead atoms. The first-order valence-corrected chi connectivity index (χ1v) is 3.65. The van der Waals surface area contributed by atoms with Crippen LogP contribution >= 0.6 is 0 Å². The SMILES string of the molecule is CCN(CCC#N)CC(F)(F)F. The summed E-state index contributed by atoms with van der Waals surface area (Å²) in [6.45, 7) is 1.22. The Bertz CT molecular complexity index is 159. The van der Waals surface area contributed by atoms with E-state index in [1.165, 1.54) is 4.90 Å². The number of halogens is 3. The summed E-state index contributed by atoms with van der Waals surface area (Å²) in [6, 6.07) is 1.81. The fourth-order valence-corrected chi connectivity index (χ4v) is 0.811. The quantitative estimate of drug-likeness (QED) is 0.659. The largest absolute Gasteiger partial charge is 0.401 e. The van der Waals surface area contributed by atoms with Gasteiger partial charge in [-0.2, -0.15) is 18.4 Å². The van der Waals surface area contributed by atoms with E-state index >= 15 is 0 Å². The van der Waals surface area contributed by atoms with Gasteiger partial charge in [-0.05, 0) is 6.54 Å². The number of nitriles is 1. The Kier molecular flexibility index (Phi) is 4.67. The van der Waals surface area contributed by atoms with E-state index in [9.17, 15) is 13.2 Å². The topological polar surface area (TPSA) is 27.0 Å². The molecule has 0 heterocycles. The minimum atomic E-state index is -4.16. The summed E-state index contributed by atoms with van der Waals surface area (Å²) in [5.74, 6) is 0. The number of hydrogen-bond acceptors (Lipinski definition) is 2.